The predicted molar refractivity (Wildman–Crippen MR) is 78.0 cm³/mol. The summed E-state index contributed by atoms with van der Waals surface area (Å²) in [6.07, 6.45) is 0. The number of hydrogen-bond donors (Lipinski definition) is 2. The standard InChI is InChI=1S/C17H15FN2O/c18-14-4-2-1-3-13(14)11-5-7-12(8-6-11)17-15(9-19)20-16(17)10-21/h1-8,15-17,20-21H,10H2/t15-,16+,17+/m1/s1. The molecule has 2 N–H and O–H groups in total. The molecule has 106 valence electrons. The van der Waals surface area contributed by atoms with Gasteiger partial charge in [0.15, 0.2) is 0 Å². The number of rotatable bonds is 3. The zero-order chi connectivity index (χ0) is 14.8. The summed E-state index contributed by atoms with van der Waals surface area (Å²) in [5, 5.41) is 21.3. The van der Waals surface area contributed by atoms with E-state index in [1.807, 2.05) is 24.3 Å². The molecule has 21 heavy (non-hydrogen) atoms. The lowest BCUT2D eigenvalue weighted by Gasteiger charge is -2.41. The molecule has 0 aromatic heterocycles. The lowest BCUT2D eigenvalue weighted by atomic mass is 9.78. The number of aliphatic hydroxyl groups is 1. The molecule has 0 spiro atoms. The summed E-state index contributed by atoms with van der Waals surface area (Å²) in [6.45, 7) is -0.00207. The lowest BCUT2D eigenvalue weighted by Crippen LogP contribution is -2.60. The summed E-state index contributed by atoms with van der Waals surface area (Å²) in [6, 6.07) is 16.0. The smallest absolute Gasteiger partial charge is 0.131 e. The minimum absolute atomic E-state index is 0.00207. The summed E-state index contributed by atoms with van der Waals surface area (Å²) in [4.78, 5) is 0. The van der Waals surface area contributed by atoms with E-state index in [2.05, 4.69) is 11.4 Å². The van der Waals surface area contributed by atoms with Crippen LogP contribution >= 0.6 is 0 Å². The Morgan fingerprint density at radius 1 is 1.14 bits per heavy atom. The third kappa shape index (κ3) is 2.42. The molecular weight excluding hydrogens is 267 g/mol. The molecule has 2 aromatic rings. The molecule has 3 atom stereocenters. The first kappa shape index (κ1) is 13.7. The van der Waals surface area contributed by atoms with Crippen molar-refractivity contribution in [2.24, 2.45) is 0 Å². The fourth-order valence-corrected chi connectivity index (χ4v) is 2.84. The molecule has 0 bridgehead atoms. The highest BCUT2D eigenvalue weighted by molar-refractivity contribution is 5.64. The number of hydrogen-bond acceptors (Lipinski definition) is 3. The Morgan fingerprint density at radius 3 is 2.48 bits per heavy atom. The highest BCUT2D eigenvalue weighted by Crippen LogP contribution is 2.33. The monoisotopic (exact) mass is 282 g/mol. The number of nitriles is 1. The molecule has 0 unspecified atom stereocenters. The van der Waals surface area contributed by atoms with Gasteiger partial charge in [0.2, 0.25) is 0 Å². The first-order chi connectivity index (χ1) is 10.2. The van der Waals surface area contributed by atoms with Crippen molar-refractivity contribution in [3.05, 3.63) is 59.9 Å². The summed E-state index contributed by atoms with van der Waals surface area (Å²) >= 11 is 0. The SMILES string of the molecule is N#C[C@H]1N[C@@H](CO)[C@H]1c1ccc(-c2ccccc2F)cc1. The zero-order valence-corrected chi connectivity index (χ0v) is 11.3. The fourth-order valence-electron chi connectivity index (χ4n) is 2.84. The number of benzene rings is 2. The van der Waals surface area contributed by atoms with Crippen LogP contribution in [0.5, 0.6) is 0 Å². The molecule has 3 nitrogen and oxygen atoms in total. The molecule has 0 aliphatic carbocycles. The Bertz CT molecular complexity index is 678. The van der Waals surface area contributed by atoms with Crippen molar-refractivity contribution < 1.29 is 9.50 Å². The van der Waals surface area contributed by atoms with Crippen LogP contribution in [0, 0.1) is 17.1 Å². The van der Waals surface area contributed by atoms with Crippen molar-refractivity contribution in [1.29, 1.82) is 5.26 Å². The van der Waals surface area contributed by atoms with E-state index < -0.39 is 0 Å². The molecule has 1 heterocycles. The van der Waals surface area contributed by atoms with Crippen molar-refractivity contribution in [1.82, 2.24) is 5.32 Å². The third-order valence-corrected chi connectivity index (χ3v) is 4.00. The van der Waals surface area contributed by atoms with Crippen LogP contribution in [0.4, 0.5) is 4.39 Å². The van der Waals surface area contributed by atoms with Crippen LogP contribution in [0.3, 0.4) is 0 Å². The van der Waals surface area contributed by atoms with Crippen molar-refractivity contribution >= 4 is 0 Å². The Labute approximate surface area is 122 Å². The quantitative estimate of drug-likeness (QED) is 0.909. The van der Waals surface area contributed by atoms with Gasteiger partial charge in [-0.3, -0.25) is 5.32 Å². The van der Waals surface area contributed by atoms with Crippen LogP contribution in [-0.4, -0.2) is 23.8 Å². The molecule has 1 aliphatic heterocycles. The number of nitrogens with zero attached hydrogens (tertiary/aromatic N) is 1. The van der Waals surface area contributed by atoms with E-state index in [0.717, 1.165) is 11.1 Å². The second-order valence-corrected chi connectivity index (χ2v) is 5.19. The molecule has 0 amide bonds. The van der Waals surface area contributed by atoms with Crippen LogP contribution in [0.15, 0.2) is 48.5 Å². The van der Waals surface area contributed by atoms with Gasteiger partial charge in [0, 0.05) is 17.5 Å². The second kappa shape index (κ2) is 5.65. The van der Waals surface area contributed by atoms with Gasteiger partial charge in [0.1, 0.15) is 11.9 Å². The van der Waals surface area contributed by atoms with Gasteiger partial charge in [0.05, 0.1) is 12.7 Å². The van der Waals surface area contributed by atoms with E-state index >= 15 is 0 Å². The van der Waals surface area contributed by atoms with E-state index in [1.54, 1.807) is 18.2 Å². The Morgan fingerprint density at radius 2 is 1.86 bits per heavy atom. The fraction of sp³-hybridized carbons (Fsp3) is 0.235. The summed E-state index contributed by atoms with van der Waals surface area (Å²) < 4.78 is 13.8. The molecule has 3 rings (SSSR count). The van der Waals surface area contributed by atoms with Gasteiger partial charge in [0.25, 0.3) is 0 Å². The van der Waals surface area contributed by atoms with Crippen LogP contribution in [-0.2, 0) is 0 Å². The van der Waals surface area contributed by atoms with E-state index in [9.17, 15) is 9.50 Å². The van der Waals surface area contributed by atoms with Crippen molar-refractivity contribution in [3.8, 4) is 17.2 Å². The zero-order valence-electron chi connectivity index (χ0n) is 11.3. The molecule has 1 fully saturated rings. The molecule has 0 radical (unpaired) electrons. The topological polar surface area (TPSA) is 56.0 Å². The minimum atomic E-state index is -0.276. The average molecular weight is 282 g/mol. The predicted octanol–water partition coefficient (Wildman–Crippen LogP) is 2.43. The first-order valence-corrected chi connectivity index (χ1v) is 6.86. The molecular formula is C17H15FN2O. The molecule has 4 heteroatoms. The number of nitrogens with one attached hydrogen (secondary N) is 1. The van der Waals surface area contributed by atoms with Crippen molar-refractivity contribution in [3.63, 3.8) is 0 Å². The Hall–Kier alpha value is -2.22. The van der Waals surface area contributed by atoms with Gasteiger partial charge < -0.3 is 5.11 Å². The van der Waals surface area contributed by atoms with E-state index in [-0.39, 0.29) is 30.4 Å². The number of halogens is 1. The van der Waals surface area contributed by atoms with Gasteiger partial charge in [-0.05, 0) is 17.2 Å². The molecule has 1 aliphatic rings. The van der Waals surface area contributed by atoms with Crippen LogP contribution in [0.1, 0.15) is 11.5 Å². The number of aliphatic hydroxyl groups excluding tert-OH is 1. The highest BCUT2D eigenvalue weighted by atomic mass is 19.1. The van der Waals surface area contributed by atoms with Gasteiger partial charge in [-0.25, -0.2) is 4.39 Å². The highest BCUT2D eigenvalue weighted by Gasteiger charge is 2.41. The van der Waals surface area contributed by atoms with Crippen LogP contribution < -0.4 is 5.32 Å². The Kier molecular flexibility index (Phi) is 3.70. The maximum Gasteiger partial charge on any atom is 0.131 e. The maximum absolute atomic E-state index is 13.8. The molecule has 1 saturated heterocycles. The van der Waals surface area contributed by atoms with Crippen molar-refractivity contribution in [2.75, 3.05) is 6.61 Å². The van der Waals surface area contributed by atoms with E-state index in [4.69, 9.17) is 5.26 Å². The average Bonchev–Trinajstić information content (AvgIpc) is 2.49. The summed E-state index contributed by atoms with van der Waals surface area (Å²) in [5.41, 5.74) is 2.35. The molecule has 0 saturated carbocycles. The normalized spacial score (nSPS) is 24.1. The largest absolute Gasteiger partial charge is 0.395 e. The van der Waals surface area contributed by atoms with Gasteiger partial charge in [-0.1, -0.05) is 42.5 Å². The first-order valence-electron chi connectivity index (χ1n) is 6.86. The van der Waals surface area contributed by atoms with Crippen LogP contribution in [0.2, 0.25) is 0 Å². The Balaban J connectivity index is 1.88. The summed E-state index contributed by atoms with van der Waals surface area (Å²) in [5.74, 6) is -0.270. The van der Waals surface area contributed by atoms with E-state index in [1.165, 1.54) is 6.07 Å². The van der Waals surface area contributed by atoms with Crippen LogP contribution in [0.25, 0.3) is 11.1 Å². The molecule has 2 aromatic carbocycles. The summed E-state index contributed by atoms with van der Waals surface area (Å²) in [7, 11) is 0. The maximum atomic E-state index is 13.8. The lowest BCUT2D eigenvalue weighted by molar-refractivity contribution is 0.151. The van der Waals surface area contributed by atoms with Gasteiger partial charge >= 0.3 is 0 Å². The van der Waals surface area contributed by atoms with Gasteiger partial charge in [-0.2, -0.15) is 5.26 Å². The minimum Gasteiger partial charge on any atom is -0.395 e. The second-order valence-electron chi connectivity index (χ2n) is 5.19. The van der Waals surface area contributed by atoms with E-state index in [0.29, 0.717) is 5.56 Å². The van der Waals surface area contributed by atoms with Crippen molar-refractivity contribution in [2.45, 2.75) is 18.0 Å². The third-order valence-electron chi connectivity index (χ3n) is 4.00. The van der Waals surface area contributed by atoms with Gasteiger partial charge in [-0.15, -0.1) is 0 Å².